The van der Waals surface area contributed by atoms with Crippen molar-refractivity contribution in [2.45, 2.75) is 31.6 Å². The fourth-order valence-corrected chi connectivity index (χ4v) is 4.42. The Morgan fingerprint density at radius 1 is 0.515 bits per heavy atom. The van der Waals surface area contributed by atoms with E-state index in [0.29, 0.717) is 5.69 Å². The number of nitroso groups, excluding NO2 is 1. The summed E-state index contributed by atoms with van der Waals surface area (Å²) in [5.74, 6) is 0.444. The molecule has 0 aliphatic rings. The van der Waals surface area contributed by atoms with Crippen molar-refractivity contribution in [2.24, 2.45) is 5.18 Å². The van der Waals surface area contributed by atoms with Crippen LogP contribution < -0.4 is 0 Å². The molecule has 0 aliphatic heterocycles. The van der Waals surface area contributed by atoms with Crippen molar-refractivity contribution in [3.05, 3.63) is 130 Å². The molecule has 0 amide bonds. The van der Waals surface area contributed by atoms with Gasteiger partial charge in [-0.15, -0.1) is 4.91 Å². The van der Waals surface area contributed by atoms with E-state index in [1.165, 1.54) is 0 Å². The number of aromatic hydroxyl groups is 2. The number of nitrogens with zero attached hydrogens (tertiary/aromatic N) is 1. The predicted octanol–water partition coefficient (Wildman–Crippen LogP) is 7.18. The molecule has 0 fully saturated rings. The first-order valence-electron chi connectivity index (χ1n) is 10.9. The molecule has 33 heavy (non-hydrogen) atoms. The predicted molar refractivity (Wildman–Crippen MR) is 132 cm³/mol. The molecule has 0 bridgehead atoms. The van der Waals surface area contributed by atoms with Crippen LogP contribution >= 0.6 is 0 Å². The Kier molecular flexibility index (Phi) is 5.77. The molecule has 0 spiro atoms. The number of phenols is 2. The molecule has 0 atom stereocenters. The van der Waals surface area contributed by atoms with Crippen LogP contribution in [-0.4, -0.2) is 10.2 Å². The second kappa shape index (κ2) is 8.55. The molecule has 4 nitrogen and oxygen atoms in total. The Labute approximate surface area is 194 Å². The molecule has 4 rings (SSSR count). The summed E-state index contributed by atoms with van der Waals surface area (Å²) in [6.45, 7) is 6.46. The zero-order valence-electron chi connectivity index (χ0n) is 19.0. The van der Waals surface area contributed by atoms with E-state index in [1.807, 2.05) is 36.4 Å². The van der Waals surface area contributed by atoms with Crippen molar-refractivity contribution in [3.8, 4) is 11.5 Å². The van der Waals surface area contributed by atoms with Crippen LogP contribution in [0.1, 0.15) is 48.6 Å². The van der Waals surface area contributed by atoms with Gasteiger partial charge in [0, 0.05) is 10.8 Å². The lowest BCUT2D eigenvalue weighted by Crippen LogP contribution is -2.26. The van der Waals surface area contributed by atoms with Gasteiger partial charge >= 0.3 is 0 Å². The number of benzene rings is 4. The molecule has 0 aromatic heterocycles. The summed E-state index contributed by atoms with van der Waals surface area (Å²) in [4.78, 5) is 10.8. The second-order valence-electron chi connectivity index (χ2n) is 9.06. The topological polar surface area (TPSA) is 69.9 Å². The zero-order valence-corrected chi connectivity index (χ0v) is 19.0. The lowest BCUT2D eigenvalue weighted by Gasteiger charge is -2.33. The molecule has 0 unspecified atom stereocenters. The highest BCUT2D eigenvalue weighted by molar-refractivity contribution is 5.53. The average Bonchev–Trinajstić information content (AvgIpc) is 2.84. The largest absolute Gasteiger partial charge is 0.508 e. The standard InChI is InChI=1S/C29H27NO3/c1-28(2,21-8-14-25(30-33)15-9-21)20-4-6-22(7-5-20)29(3,23-10-16-26(31)17-11-23)24-12-18-27(32)19-13-24/h4-19,31-32H,1-3H3. The number of hydrogen-bond acceptors (Lipinski definition) is 4. The summed E-state index contributed by atoms with van der Waals surface area (Å²) in [5.41, 5.74) is 5.10. The monoisotopic (exact) mass is 437 g/mol. The van der Waals surface area contributed by atoms with Crippen LogP contribution in [0.25, 0.3) is 0 Å². The average molecular weight is 438 g/mol. The van der Waals surface area contributed by atoms with E-state index in [9.17, 15) is 15.1 Å². The summed E-state index contributed by atoms with van der Waals surface area (Å²) in [6.07, 6.45) is 0. The summed E-state index contributed by atoms with van der Waals surface area (Å²) < 4.78 is 0. The van der Waals surface area contributed by atoms with Crippen LogP contribution in [0.5, 0.6) is 11.5 Å². The Morgan fingerprint density at radius 3 is 1.18 bits per heavy atom. The van der Waals surface area contributed by atoms with Crippen molar-refractivity contribution in [1.29, 1.82) is 0 Å². The molecule has 4 aromatic carbocycles. The van der Waals surface area contributed by atoms with Gasteiger partial charge in [0.15, 0.2) is 0 Å². The van der Waals surface area contributed by atoms with E-state index < -0.39 is 5.41 Å². The third-order valence-corrected chi connectivity index (χ3v) is 6.77. The van der Waals surface area contributed by atoms with Gasteiger partial charge in [-0.25, -0.2) is 0 Å². The van der Waals surface area contributed by atoms with Crippen molar-refractivity contribution in [3.63, 3.8) is 0 Å². The molecule has 0 aliphatic carbocycles. The lowest BCUT2D eigenvalue weighted by molar-refractivity contribution is 0.474. The molecular formula is C29H27NO3. The summed E-state index contributed by atoms with van der Waals surface area (Å²) in [7, 11) is 0. The molecular weight excluding hydrogens is 410 g/mol. The highest BCUT2D eigenvalue weighted by atomic mass is 16.3. The quantitative estimate of drug-likeness (QED) is 0.248. The van der Waals surface area contributed by atoms with Gasteiger partial charge < -0.3 is 10.2 Å². The van der Waals surface area contributed by atoms with E-state index in [0.717, 1.165) is 27.8 Å². The second-order valence-corrected chi connectivity index (χ2v) is 9.06. The summed E-state index contributed by atoms with van der Waals surface area (Å²) in [6, 6.07) is 30.5. The molecule has 4 heteroatoms. The van der Waals surface area contributed by atoms with Crippen LogP contribution in [0, 0.1) is 4.91 Å². The van der Waals surface area contributed by atoms with E-state index in [1.54, 1.807) is 36.4 Å². The van der Waals surface area contributed by atoms with Crippen molar-refractivity contribution >= 4 is 5.69 Å². The molecule has 166 valence electrons. The van der Waals surface area contributed by atoms with Gasteiger partial charge in [0.25, 0.3) is 0 Å². The van der Waals surface area contributed by atoms with E-state index in [4.69, 9.17) is 0 Å². The molecule has 4 aromatic rings. The van der Waals surface area contributed by atoms with Crippen LogP contribution in [0.2, 0.25) is 0 Å². The smallest absolute Gasteiger partial charge is 0.115 e. The SMILES string of the molecule is CC(C)(c1ccc(N=O)cc1)c1ccc(C(C)(c2ccc(O)cc2)c2ccc(O)cc2)cc1. The maximum atomic E-state index is 10.8. The first-order valence-corrected chi connectivity index (χ1v) is 10.9. The summed E-state index contributed by atoms with van der Waals surface area (Å²) in [5, 5.41) is 22.6. The minimum Gasteiger partial charge on any atom is -0.508 e. The van der Waals surface area contributed by atoms with Crippen LogP contribution in [-0.2, 0) is 10.8 Å². The van der Waals surface area contributed by atoms with Gasteiger partial charge in [-0.3, -0.25) is 0 Å². The Morgan fingerprint density at radius 2 is 0.818 bits per heavy atom. The van der Waals surface area contributed by atoms with Crippen LogP contribution in [0.4, 0.5) is 5.69 Å². The highest BCUT2D eigenvalue weighted by Crippen LogP contribution is 2.41. The van der Waals surface area contributed by atoms with Gasteiger partial charge in [0.2, 0.25) is 0 Å². The van der Waals surface area contributed by atoms with Gasteiger partial charge in [0.1, 0.15) is 17.2 Å². The van der Waals surface area contributed by atoms with Crippen LogP contribution in [0.3, 0.4) is 0 Å². The Hall–Kier alpha value is -3.92. The number of hydrogen-bond donors (Lipinski definition) is 2. The third-order valence-electron chi connectivity index (χ3n) is 6.77. The number of phenolic OH excluding ortho intramolecular Hbond substituents is 2. The molecule has 0 radical (unpaired) electrons. The van der Waals surface area contributed by atoms with Crippen molar-refractivity contribution < 1.29 is 10.2 Å². The molecule has 0 heterocycles. The van der Waals surface area contributed by atoms with E-state index >= 15 is 0 Å². The first-order chi connectivity index (χ1) is 15.7. The normalized spacial score (nSPS) is 11.8. The Balaban J connectivity index is 1.78. The lowest BCUT2D eigenvalue weighted by atomic mass is 9.70. The fraction of sp³-hybridized carbons (Fsp3) is 0.172. The van der Waals surface area contributed by atoms with Gasteiger partial charge in [0.05, 0.1) is 0 Å². The number of rotatable bonds is 6. The van der Waals surface area contributed by atoms with Crippen molar-refractivity contribution in [2.75, 3.05) is 0 Å². The molecule has 0 saturated carbocycles. The maximum absolute atomic E-state index is 10.8. The summed E-state index contributed by atoms with van der Waals surface area (Å²) >= 11 is 0. The van der Waals surface area contributed by atoms with E-state index in [-0.39, 0.29) is 16.9 Å². The minimum absolute atomic E-state index is 0.222. The van der Waals surface area contributed by atoms with Crippen LogP contribution in [0.15, 0.2) is 102 Å². The van der Waals surface area contributed by atoms with E-state index in [2.05, 4.69) is 50.2 Å². The zero-order chi connectivity index (χ0) is 23.6. The maximum Gasteiger partial charge on any atom is 0.115 e. The van der Waals surface area contributed by atoms with Gasteiger partial charge in [-0.05, 0) is 76.3 Å². The van der Waals surface area contributed by atoms with Gasteiger partial charge in [-0.2, -0.15) is 0 Å². The third kappa shape index (κ3) is 4.12. The van der Waals surface area contributed by atoms with Gasteiger partial charge in [-0.1, -0.05) is 74.5 Å². The molecule has 0 saturated heterocycles. The minimum atomic E-state index is -0.485. The fourth-order valence-electron chi connectivity index (χ4n) is 4.42. The highest BCUT2D eigenvalue weighted by Gasteiger charge is 2.32. The first kappa shape index (κ1) is 22.3. The Bertz CT molecular complexity index is 1200. The van der Waals surface area contributed by atoms with Crippen molar-refractivity contribution in [1.82, 2.24) is 0 Å². The molecule has 2 N–H and O–H groups in total.